The Labute approximate surface area is 106 Å². The maximum Gasteiger partial charge on any atom is 0.207 e. The molecule has 0 aromatic heterocycles. The molecule has 0 radical (unpaired) electrons. The molecule has 1 aliphatic carbocycles. The van der Waals surface area contributed by atoms with Crippen LogP contribution in [0.15, 0.2) is 24.3 Å². The molecule has 18 heavy (non-hydrogen) atoms. The van der Waals surface area contributed by atoms with Crippen LogP contribution in [0.3, 0.4) is 0 Å². The first-order chi connectivity index (χ1) is 8.79. The van der Waals surface area contributed by atoms with Gasteiger partial charge in [0, 0.05) is 6.42 Å². The third-order valence-electron chi connectivity index (χ3n) is 3.74. The molecule has 1 fully saturated rings. The fourth-order valence-corrected chi connectivity index (χ4v) is 2.61. The molecule has 4 nitrogen and oxygen atoms in total. The highest BCUT2D eigenvalue weighted by Crippen LogP contribution is 2.34. The van der Waals surface area contributed by atoms with E-state index in [1.165, 1.54) is 11.1 Å². The number of hydrogen-bond acceptors (Lipinski definition) is 3. The van der Waals surface area contributed by atoms with E-state index in [1.54, 1.807) is 0 Å². The third-order valence-corrected chi connectivity index (χ3v) is 3.74. The molecule has 1 N–H and O–H groups in total. The standard InChI is InChI=1S/C14H17NO3/c1-9-13(18-9)7-17-12-6-10-4-2-3-5-11(10)14(12)15-8-16/h2-5,8-9,12-14H,6-7H2,1H3,(H,15,16)/t9?,12-,13?,14+/m0/s1. The molecule has 1 amide bonds. The van der Waals surface area contributed by atoms with Gasteiger partial charge in [0.25, 0.3) is 0 Å². The number of fused-ring (bicyclic) bond motifs is 1. The van der Waals surface area contributed by atoms with Gasteiger partial charge < -0.3 is 14.8 Å². The van der Waals surface area contributed by atoms with Gasteiger partial charge in [-0.1, -0.05) is 24.3 Å². The van der Waals surface area contributed by atoms with E-state index in [0.717, 1.165) is 12.8 Å². The Morgan fingerprint density at radius 2 is 2.28 bits per heavy atom. The van der Waals surface area contributed by atoms with Gasteiger partial charge in [0.2, 0.25) is 6.41 Å². The number of benzene rings is 1. The van der Waals surface area contributed by atoms with Gasteiger partial charge in [-0.25, -0.2) is 0 Å². The highest BCUT2D eigenvalue weighted by molar-refractivity contribution is 5.50. The SMILES string of the molecule is CC1OC1CO[C@H]1Cc2ccccc2[C@H]1NC=O. The van der Waals surface area contributed by atoms with Crippen molar-refractivity contribution in [1.29, 1.82) is 0 Å². The first-order valence-corrected chi connectivity index (χ1v) is 6.34. The van der Waals surface area contributed by atoms with E-state index in [1.807, 2.05) is 19.1 Å². The first kappa shape index (κ1) is 11.7. The number of carbonyl (C=O) groups excluding carboxylic acids is 1. The lowest BCUT2D eigenvalue weighted by molar-refractivity contribution is -0.111. The Kier molecular flexibility index (Phi) is 3.06. The lowest BCUT2D eigenvalue weighted by atomic mass is 10.1. The van der Waals surface area contributed by atoms with Crippen LogP contribution < -0.4 is 5.32 Å². The largest absolute Gasteiger partial charge is 0.373 e. The van der Waals surface area contributed by atoms with Crippen molar-refractivity contribution in [2.75, 3.05) is 6.61 Å². The van der Waals surface area contributed by atoms with Crippen LogP contribution in [0.2, 0.25) is 0 Å². The van der Waals surface area contributed by atoms with Crippen molar-refractivity contribution in [3.63, 3.8) is 0 Å². The van der Waals surface area contributed by atoms with Crippen LogP contribution >= 0.6 is 0 Å². The molecule has 0 spiro atoms. The maximum absolute atomic E-state index is 10.7. The van der Waals surface area contributed by atoms with Crippen LogP contribution in [-0.4, -0.2) is 31.3 Å². The third kappa shape index (κ3) is 2.13. The van der Waals surface area contributed by atoms with E-state index in [9.17, 15) is 4.79 Å². The monoisotopic (exact) mass is 247 g/mol. The predicted octanol–water partition coefficient (Wildman–Crippen LogP) is 1.20. The second-order valence-electron chi connectivity index (χ2n) is 4.92. The van der Waals surface area contributed by atoms with Gasteiger partial charge in [0.05, 0.1) is 24.9 Å². The number of amides is 1. The number of ether oxygens (including phenoxy) is 2. The summed E-state index contributed by atoms with van der Waals surface area (Å²) in [5, 5.41) is 2.86. The average Bonchev–Trinajstić information content (AvgIpc) is 2.97. The summed E-state index contributed by atoms with van der Waals surface area (Å²) in [6, 6.07) is 8.12. The topological polar surface area (TPSA) is 50.9 Å². The molecular formula is C14H17NO3. The van der Waals surface area contributed by atoms with Crippen LogP contribution in [-0.2, 0) is 20.7 Å². The lowest BCUT2D eigenvalue weighted by Crippen LogP contribution is -2.31. The molecule has 2 unspecified atom stereocenters. The zero-order valence-corrected chi connectivity index (χ0v) is 10.3. The second-order valence-corrected chi connectivity index (χ2v) is 4.92. The highest BCUT2D eigenvalue weighted by atomic mass is 16.6. The summed E-state index contributed by atoms with van der Waals surface area (Å²) in [4.78, 5) is 10.7. The smallest absolute Gasteiger partial charge is 0.207 e. The Morgan fingerprint density at radius 3 is 3.00 bits per heavy atom. The zero-order valence-electron chi connectivity index (χ0n) is 10.3. The number of carbonyl (C=O) groups is 1. The molecule has 4 atom stereocenters. The lowest BCUT2D eigenvalue weighted by Gasteiger charge is -2.19. The summed E-state index contributed by atoms with van der Waals surface area (Å²) in [6.45, 7) is 2.65. The Balaban J connectivity index is 1.69. The molecule has 1 aromatic rings. The number of nitrogens with one attached hydrogen (secondary N) is 1. The van der Waals surface area contributed by atoms with Crippen LogP contribution in [0.25, 0.3) is 0 Å². The van der Waals surface area contributed by atoms with Crippen molar-refractivity contribution in [3.8, 4) is 0 Å². The minimum Gasteiger partial charge on any atom is -0.373 e. The van der Waals surface area contributed by atoms with Crippen molar-refractivity contribution in [2.45, 2.75) is 37.7 Å². The van der Waals surface area contributed by atoms with Crippen LogP contribution in [0.5, 0.6) is 0 Å². The normalized spacial score (nSPS) is 32.9. The van der Waals surface area contributed by atoms with Gasteiger partial charge >= 0.3 is 0 Å². The first-order valence-electron chi connectivity index (χ1n) is 6.34. The summed E-state index contributed by atoms with van der Waals surface area (Å²) in [6.07, 6.45) is 2.16. The van der Waals surface area contributed by atoms with E-state index in [2.05, 4.69) is 17.4 Å². The predicted molar refractivity (Wildman–Crippen MR) is 66.2 cm³/mol. The van der Waals surface area contributed by atoms with Crippen LogP contribution in [0.4, 0.5) is 0 Å². The van der Waals surface area contributed by atoms with Gasteiger partial charge in [-0.15, -0.1) is 0 Å². The average molecular weight is 247 g/mol. The zero-order chi connectivity index (χ0) is 12.5. The summed E-state index contributed by atoms with van der Waals surface area (Å²) in [7, 11) is 0. The molecule has 1 aromatic carbocycles. The molecule has 0 saturated carbocycles. The van der Waals surface area contributed by atoms with Crippen LogP contribution in [0, 0.1) is 0 Å². The van der Waals surface area contributed by atoms with Crippen LogP contribution in [0.1, 0.15) is 24.1 Å². The van der Waals surface area contributed by atoms with Gasteiger partial charge in [0.15, 0.2) is 0 Å². The van der Waals surface area contributed by atoms with E-state index < -0.39 is 0 Å². The van der Waals surface area contributed by atoms with E-state index >= 15 is 0 Å². The molecular weight excluding hydrogens is 230 g/mol. The van der Waals surface area contributed by atoms with Gasteiger partial charge in [-0.05, 0) is 18.1 Å². The van der Waals surface area contributed by atoms with Gasteiger partial charge in [-0.3, -0.25) is 4.79 Å². The van der Waals surface area contributed by atoms with Crippen molar-refractivity contribution in [3.05, 3.63) is 35.4 Å². The Hall–Kier alpha value is -1.39. The molecule has 1 heterocycles. The number of rotatable bonds is 5. The fraction of sp³-hybridized carbons (Fsp3) is 0.500. The molecule has 2 aliphatic rings. The second kappa shape index (κ2) is 4.71. The quantitative estimate of drug-likeness (QED) is 0.628. The van der Waals surface area contributed by atoms with Crippen molar-refractivity contribution < 1.29 is 14.3 Å². The molecule has 1 saturated heterocycles. The molecule has 3 rings (SSSR count). The molecule has 1 aliphatic heterocycles. The van der Waals surface area contributed by atoms with E-state index in [4.69, 9.17) is 9.47 Å². The summed E-state index contributed by atoms with van der Waals surface area (Å²) >= 11 is 0. The highest BCUT2D eigenvalue weighted by Gasteiger charge is 2.38. The molecule has 0 bridgehead atoms. The fourth-order valence-electron chi connectivity index (χ4n) is 2.61. The summed E-state index contributed by atoms with van der Waals surface area (Å²) in [5.41, 5.74) is 2.42. The number of hydrogen-bond donors (Lipinski definition) is 1. The van der Waals surface area contributed by atoms with E-state index in [0.29, 0.717) is 12.7 Å². The Bertz CT molecular complexity index is 448. The molecule has 96 valence electrons. The minimum atomic E-state index is -0.0345. The number of epoxide rings is 1. The summed E-state index contributed by atoms with van der Waals surface area (Å²) < 4.78 is 11.2. The minimum absolute atomic E-state index is 0.0176. The van der Waals surface area contributed by atoms with Gasteiger partial charge in [-0.2, -0.15) is 0 Å². The van der Waals surface area contributed by atoms with Crippen molar-refractivity contribution in [2.24, 2.45) is 0 Å². The van der Waals surface area contributed by atoms with Crippen molar-refractivity contribution >= 4 is 6.41 Å². The van der Waals surface area contributed by atoms with Gasteiger partial charge in [0.1, 0.15) is 6.10 Å². The van der Waals surface area contributed by atoms with E-state index in [-0.39, 0.29) is 18.2 Å². The van der Waals surface area contributed by atoms with Crippen molar-refractivity contribution in [1.82, 2.24) is 5.32 Å². The molecule has 4 heteroatoms. The summed E-state index contributed by atoms with van der Waals surface area (Å²) in [5.74, 6) is 0. The Morgan fingerprint density at radius 1 is 1.50 bits per heavy atom. The maximum atomic E-state index is 10.7.